The molecule has 0 spiro atoms. The van der Waals surface area contributed by atoms with Gasteiger partial charge in [0.25, 0.3) is 11.7 Å². The zero-order valence-electron chi connectivity index (χ0n) is 45.3. The summed E-state index contributed by atoms with van der Waals surface area (Å²) in [7, 11) is 4.43. The second kappa shape index (κ2) is 28.3. The van der Waals surface area contributed by atoms with Gasteiger partial charge in [0.05, 0.1) is 31.5 Å². The van der Waals surface area contributed by atoms with Crippen LogP contribution in [0.2, 0.25) is 0 Å². The molecule has 0 aromatic rings. The Balaban J connectivity index is 1.69. The number of carbonyl (C=O) groups excluding carboxylic acids is 6. The van der Waals surface area contributed by atoms with E-state index in [2.05, 4.69) is 0 Å². The summed E-state index contributed by atoms with van der Waals surface area (Å²) in [4.78, 5) is 85.4. The first-order valence-electron chi connectivity index (χ1n) is 26.4. The van der Waals surface area contributed by atoms with Crippen LogP contribution in [0.1, 0.15) is 132 Å². The number of hydrogen-bond donors (Lipinski definition) is 4. The summed E-state index contributed by atoms with van der Waals surface area (Å²) in [5.74, 6) is -9.36. The first kappa shape index (κ1) is 61.6. The molecule has 1 aliphatic carbocycles. The fourth-order valence-corrected chi connectivity index (χ4v) is 10.7. The quantitative estimate of drug-likeness (QED) is 0.116. The standard InChI is InChI=1S/C56H87NO16/c1-33-17-13-12-14-18-34(2)45(68-9)29-41-22-20-39(7)56(67,73-41)51(63)52(64)57-24-16-15-19-42(57)53(65)71-46(30-43(60)35(3)26-38(6)49(62)50(70-11)48(61)37(5)25-33)36(4)27-40-21-23-44(47(28-40)69-10)72-54(66)55(8,31-58)32-59/h12-14,17-18,26,33,35-37,39-42,44-47,49-50,58-59,62,67H,15-16,19-25,27-32H2,1-11H3/b14-12+,17-13-,34-18+,38-26+/t33-,35-,36-,37-,39-,40-,41+,42+,44-,45+,46+,47-,49-,50+,56-/m1/s1/i10+2. The van der Waals surface area contributed by atoms with Crippen LogP contribution in [0.5, 0.6) is 0 Å². The lowest BCUT2D eigenvalue weighted by Gasteiger charge is -2.42. The van der Waals surface area contributed by atoms with Gasteiger partial charge in [-0.2, -0.15) is 0 Å². The molecule has 412 valence electrons. The Labute approximate surface area is 433 Å². The summed E-state index contributed by atoms with van der Waals surface area (Å²) >= 11 is 0. The number of ketones is 3. The molecule has 3 fully saturated rings. The number of piperidine rings is 1. The van der Waals surface area contributed by atoms with E-state index in [9.17, 15) is 49.2 Å². The van der Waals surface area contributed by atoms with Crippen molar-refractivity contribution in [3.63, 3.8) is 0 Å². The number of allylic oxidation sites excluding steroid dienone is 6. The number of Topliss-reactive ketones (excluding diaryl/α,β-unsaturated/α-hetero) is 3. The van der Waals surface area contributed by atoms with E-state index < -0.39 is 120 Å². The van der Waals surface area contributed by atoms with Crippen molar-refractivity contribution in [3.05, 3.63) is 47.6 Å². The van der Waals surface area contributed by atoms with Crippen LogP contribution >= 0.6 is 0 Å². The zero-order valence-corrected chi connectivity index (χ0v) is 45.3. The molecule has 4 N–H and O–H groups in total. The molecule has 0 radical (unpaired) electrons. The fourth-order valence-electron chi connectivity index (χ4n) is 10.7. The van der Waals surface area contributed by atoms with Gasteiger partial charge in [0.1, 0.15) is 41.7 Å². The molecule has 0 unspecified atom stereocenters. The van der Waals surface area contributed by atoms with Gasteiger partial charge in [-0.3, -0.25) is 24.0 Å². The first-order valence-corrected chi connectivity index (χ1v) is 26.4. The third-order valence-electron chi connectivity index (χ3n) is 15.9. The minimum Gasteiger partial charge on any atom is -0.460 e. The third kappa shape index (κ3) is 16.0. The fraction of sp³-hybridized carbons (Fsp3) is 0.750. The molecule has 4 aliphatic rings. The lowest BCUT2D eigenvalue weighted by atomic mass is 9.78. The number of fused-ring (bicyclic) bond motifs is 3. The molecule has 4 rings (SSSR count). The van der Waals surface area contributed by atoms with Crippen LogP contribution in [0.4, 0.5) is 0 Å². The molecule has 17 heteroatoms. The number of nitrogens with zero attached hydrogens (tertiary/aromatic N) is 1. The number of aliphatic hydroxyl groups excluding tert-OH is 3. The second-order valence-corrected chi connectivity index (χ2v) is 21.8. The number of amides is 1. The number of carbonyl (C=O) groups is 6. The van der Waals surface area contributed by atoms with Gasteiger partial charge in [0.15, 0.2) is 5.78 Å². The zero-order chi connectivity index (χ0) is 54.4. The molecule has 2 bridgehead atoms. The molecule has 1 saturated carbocycles. The SMILES string of the molecule is CO[C@H]1C[C@@H]2CC[C@@H](C)[C@@](O)(O2)C(=O)C(=O)N2CCCC[C@H]2C(=O)O[C@H]([C@H](C)C[C@H]2CC[C@@H](OC(=O)C(C)(CO)CO)[C@H](O[14CH3])C2)CC(=O)[C@H](C)/C=C(\C)[C@@H](O)[C@@H](OC)C(=O)[C@H](C)C[C@H](C)\C=C/C=C/C=C/1C. The molecular weight excluding hydrogens is 945 g/mol. The molecule has 0 aromatic carbocycles. The predicted molar refractivity (Wildman–Crippen MR) is 271 cm³/mol. The highest BCUT2D eigenvalue weighted by atomic mass is 16.6. The number of hydrogen-bond acceptors (Lipinski definition) is 16. The van der Waals surface area contributed by atoms with E-state index in [1.54, 1.807) is 40.9 Å². The monoisotopic (exact) mass is 1030 g/mol. The normalized spacial score (nSPS) is 37.4. The third-order valence-corrected chi connectivity index (χ3v) is 15.9. The van der Waals surface area contributed by atoms with Gasteiger partial charge in [0.2, 0.25) is 5.79 Å². The highest BCUT2D eigenvalue weighted by Gasteiger charge is 2.53. The van der Waals surface area contributed by atoms with Crippen molar-refractivity contribution < 1.29 is 77.6 Å². The summed E-state index contributed by atoms with van der Waals surface area (Å²) in [6.45, 7) is 12.7. The van der Waals surface area contributed by atoms with Gasteiger partial charge in [-0.1, -0.05) is 71.1 Å². The van der Waals surface area contributed by atoms with Crippen LogP contribution in [0, 0.1) is 40.9 Å². The molecule has 73 heavy (non-hydrogen) atoms. The van der Waals surface area contributed by atoms with E-state index in [-0.39, 0.29) is 42.8 Å². The molecule has 2 saturated heterocycles. The summed E-state index contributed by atoms with van der Waals surface area (Å²) in [6, 6.07) is -1.20. The highest BCUT2D eigenvalue weighted by Crippen LogP contribution is 2.38. The number of cyclic esters (lactones) is 1. The molecule has 15 atom stereocenters. The Bertz CT molecular complexity index is 2010. The van der Waals surface area contributed by atoms with Gasteiger partial charge >= 0.3 is 11.9 Å². The van der Waals surface area contributed by atoms with E-state index >= 15 is 0 Å². The van der Waals surface area contributed by atoms with Crippen molar-refractivity contribution in [1.29, 1.82) is 0 Å². The Hall–Kier alpha value is -3.94. The number of ether oxygens (including phenoxy) is 6. The predicted octanol–water partition coefficient (Wildman–Crippen LogP) is 5.72. The molecule has 3 heterocycles. The lowest BCUT2D eigenvalue weighted by Crippen LogP contribution is -2.61. The highest BCUT2D eigenvalue weighted by molar-refractivity contribution is 6.39. The number of rotatable bonds is 10. The summed E-state index contributed by atoms with van der Waals surface area (Å²) in [5.41, 5.74) is -0.277. The van der Waals surface area contributed by atoms with Crippen molar-refractivity contribution in [2.24, 2.45) is 40.9 Å². The smallest absolute Gasteiger partial charge is 0.329 e. The van der Waals surface area contributed by atoms with Crippen LogP contribution in [0.15, 0.2) is 47.6 Å². The first-order chi connectivity index (χ1) is 34.5. The summed E-state index contributed by atoms with van der Waals surface area (Å²) < 4.78 is 35.4. The minimum atomic E-state index is -2.47. The Morgan fingerprint density at radius 2 is 1.60 bits per heavy atom. The summed E-state index contributed by atoms with van der Waals surface area (Å²) in [5, 5.41) is 43.1. The molecule has 1 amide bonds. The van der Waals surface area contributed by atoms with Crippen LogP contribution in [-0.4, -0.2) is 156 Å². The van der Waals surface area contributed by atoms with Crippen LogP contribution in [0.25, 0.3) is 0 Å². The Morgan fingerprint density at radius 1 is 0.904 bits per heavy atom. The van der Waals surface area contributed by atoms with Crippen molar-refractivity contribution in [2.45, 2.75) is 187 Å². The van der Waals surface area contributed by atoms with Gasteiger partial charge < -0.3 is 53.7 Å². The van der Waals surface area contributed by atoms with Crippen molar-refractivity contribution in [2.75, 3.05) is 41.1 Å². The maximum atomic E-state index is 14.5. The van der Waals surface area contributed by atoms with E-state index in [4.69, 9.17) is 28.4 Å². The lowest BCUT2D eigenvalue weighted by molar-refractivity contribution is -0.265. The topological polar surface area (TPSA) is 242 Å². The summed E-state index contributed by atoms with van der Waals surface area (Å²) in [6.07, 6.45) is 9.76. The van der Waals surface area contributed by atoms with Crippen LogP contribution in [-0.2, 0) is 57.2 Å². The van der Waals surface area contributed by atoms with Crippen LogP contribution in [0.3, 0.4) is 0 Å². The van der Waals surface area contributed by atoms with Crippen molar-refractivity contribution in [1.82, 2.24) is 4.90 Å². The van der Waals surface area contributed by atoms with Crippen LogP contribution < -0.4 is 0 Å². The molecule has 17 nitrogen and oxygen atoms in total. The minimum absolute atomic E-state index is 0.00697. The Kier molecular flexibility index (Phi) is 23.9. The average Bonchev–Trinajstić information content (AvgIpc) is 3.37. The number of aliphatic hydroxyl groups is 4. The van der Waals surface area contributed by atoms with Crippen molar-refractivity contribution in [3.8, 4) is 0 Å². The van der Waals surface area contributed by atoms with Gasteiger partial charge in [0, 0.05) is 58.5 Å². The molecule has 0 aromatic heterocycles. The van der Waals surface area contributed by atoms with E-state index in [1.165, 1.54) is 21.1 Å². The van der Waals surface area contributed by atoms with Crippen molar-refractivity contribution >= 4 is 35.2 Å². The number of esters is 2. The Morgan fingerprint density at radius 3 is 2.25 bits per heavy atom. The second-order valence-electron chi connectivity index (χ2n) is 21.8. The molecular formula is C56H87NO16. The van der Waals surface area contributed by atoms with Gasteiger partial charge in [-0.05, 0) is 114 Å². The van der Waals surface area contributed by atoms with E-state index in [1.807, 2.05) is 51.2 Å². The average molecular weight is 1030 g/mol. The maximum Gasteiger partial charge on any atom is 0.329 e. The van der Waals surface area contributed by atoms with Gasteiger partial charge in [-0.25, -0.2) is 4.79 Å². The van der Waals surface area contributed by atoms with E-state index in [0.717, 1.165) is 10.5 Å². The maximum absolute atomic E-state index is 14.5. The molecule has 3 aliphatic heterocycles. The largest absolute Gasteiger partial charge is 0.460 e. The van der Waals surface area contributed by atoms with E-state index in [0.29, 0.717) is 69.8 Å². The number of methoxy groups -OCH3 is 3. The van der Waals surface area contributed by atoms with Gasteiger partial charge in [-0.15, -0.1) is 0 Å².